The molecule has 2 aliphatic heterocycles. The SMILES string of the molecule is CC1C=C2Sc3cc(O)ccc3N=C(N3CCNCC3)C2=CC1C. The molecule has 0 radical (unpaired) electrons. The van der Waals surface area contributed by atoms with Crippen molar-refractivity contribution in [1.82, 2.24) is 10.2 Å². The summed E-state index contributed by atoms with van der Waals surface area (Å²) in [6, 6.07) is 5.47. The lowest BCUT2D eigenvalue weighted by Crippen LogP contribution is -2.47. The normalized spacial score (nSPS) is 26.6. The first-order valence-electron chi connectivity index (χ1n) is 8.61. The minimum atomic E-state index is 0.297. The number of fused-ring (bicyclic) bond motifs is 2. The lowest BCUT2D eigenvalue weighted by Gasteiger charge is -2.33. The quantitative estimate of drug-likeness (QED) is 0.758. The molecular weight excluding hydrogens is 318 g/mol. The van der Waals surface area contributed by atoms with Crippen molar-refractivity contribution >= 4 is 23.3 Å². The van der Waals surface area contributed by atoms with E-state index in [4.69, 9.17) is 4.99 Å². The van der Waals surface area contributed by atoms with Gasteiger partial charge < -0.3 is 15.3 Å². The van der Waals surface area contributed by atoms with Gasteiger partial charge in [-0.1, -0.05) is 37.8 Å². The second-order valence-corrected chi connectivity index (χ2v) is 7.84. The number of amidine groups is 1. The number of allylic oxidation sites excluding steroid dienone is 2. The van der Waals surface area contributed by atoms with Crippen molar-refractivity contribution in [3.05, 3.63) is 40.8 Å². The van der Waals surface area contributed by atoms with Crippen LogP contribution in [0.15, 0.2) is 50.7 Å². The highest BCUT2D eigenvalue weighted by atomic mass is 32.2. The summed E-state index contributed by atoms with van der Waals surface area (Å²) in [6.45, 7) is 8.48. The van der Waals surface area contributed by atoms with Gasteiger partial charge in [0.05, 0.1) is 5.69 Å². The van der Waals surface area contributed by atoms with E-state index in [1.807, 2.05) is 12.1 Å². The molecule has 2 atom stereocenters. The Balaban J connectivity index is 1.84. The number of phenolic OH excluding ortho intramolecular Hbond substituents is 1. The van der Waals surface area contributed by atoms with Crippen LogP contribution in [-0.4, -0.2) is 42.0 Å². The largest absolute Gasteiger partial charge is 0.508 e. The van der Waals surface area contributed by atoms with E-state index in [0.717, 1.165) is 42.6 Å². The number of thioether (sulfide) groups is 1. The van der Waals surface area contributed by atoms with Crippen molar-refractivity contribution in [2.75, 3.05) is 26.2 Å². The van der Waals surface area contributed by atoms with Crippen LogP contribution in [-0.2, 0) is 0 Å². The summed E-state index contributed by atoms with van der Waals surface area (Å²) >= 11 is 1.73. The van der Waals surface area contributed by atoms with Gasteiger partial charge in [-0.15, -0.1) is 0 Å². The molecule has 1 aromatic carbocycles. The first-order valence-corrected chi connectivity index (χ1v) is 9.43. The third kappa shape index (κ3) is 2.87. The van der Waals surface area contributed by atoms with E-state index in [1.165, 1.54) is 10.5 Å². The third-order valence-electron chi connectivity index (χ3n) is 4.99. The van der Waals surface area contributed by atoms with Crippen LogP contribution >= 0.6 is 11.8 Å². The number of phenols is 1. The molecule has 4 nitrogen and oxygen atoms in total. The smallest absolute Gasteiger partial charge is 0.137 e. The number of nitrogens with zero attached hydrogens (tertiary/aromatic N) is 2. The molecule has 0 aromatic heterocycles. The minimum Gasteiger partial charge on any atom is -0.508 e. The van der Waals surface area contributed by atoms with Gasteiger partial charge >= 0.3 is 0 Å². The van der Waals surface area contributed by atoms with Crippen LogP contribution in [0.25, 0.3) is 0 Å². The van der Waals surface area contributed by atoms with Gasteiger partial charge in [0.2, 0.25) is 0 Å². The molecule has 1 fully saturated rings. The molecule has 0 amide bonds. The summed E-state index contributed by atoms with van der Waals surface area (Å²) < 4.78 is 0. The molecule has 0 spiro atoms. The predicted molar refractivity (Wildman–Crippen MR) is 100.0 cm³/mol. The highest BCUT2D eigenvalue weighted by Crippen LogP contribution is 2.46. The Morgan fingerprint density at radius 2 is 1.92 bits per heavy atom. The first kappa shape index (κ1) is 15.8. The van der Waals surface area contributed by atoms with Gasteiger partial charge in [-0.2, -0.15) is 0 Å². The van der Waals surface area contributed by atoms with E-state index < -0.39 is 0 Å². The first-order chi connectivity index (χ1) is 11.6. The van der Waals surface area contributed by atoms with Gasteiger partial charge in [-0.05, 0) is 30.0 Å². The summed E-state index contributed by atoms with van der Waals surface area (Å²) in [7, 11) is 0. The fourth-order valence-electron chi connectivity index (χ4n) is 3.34. The Morgan fingerprint density at radius 3 is 2.71 bits per heavy atom. The molecule has 0 saturated carbocycles. The Bertz CT molecular complexity index is 747. The lowest BCUT2D eigenvalue weighted by atomic mass is 9.88. The fourth-order valence-corrected chi connectivity index (χ4v) is 4.53. The monoisotopic (exact) mass is 341 g/mol. The number of aromatic hydroxyl groups is 1. The van der Waals surface area contributed by atoms with Crippen LogP contribution in [0.5, 0.6) is 5.75 Å². The molecule has 4 rings (SSSR count). The zero-order valence-corrected chi connectivity index (χ0v) is 14.9. The number of aliphatic imine (C=N–C) groups is 1. The summed E-state index contributed by atoms with van der Waals surface area (Å²) in [5, 5.41) is 13.3. The third-order valence-corrected chi connectivity index (χ3v) is 6.11. The minimum absolute atomic E-state index is 0.297. The molecule has 2 unspecified atom stereocenters. The number of benzene rings is 1. The topological polar surface area (TPSA) is 47.9 Å². The molecule has 2 N–H and O–H groups in total. The average molecular weight is 341 g/mol. The average Bonchev–Trinajstić information content (AvgIpc) is 2.72. The van der Waals surface area contributed by atoms with E-state index in [-0.39, 0.29) is 0 Å². The van der Waals surface area contributed by atoms with Crippen molar-refractivity contribution < 1.29 is 5.11 Å². The summed E-state index contributed by atoms with van der Waals surface area (Å²) in [6.07, 6.45) is 4.74. The van der Waals surface area contributed by atoms with Crippen LogP contribution in [0.3, 0.4) is 0 Å². The van der Waals surface area contributed by atoms with Crippen molar-refractivity contribution in [3.8, 4) is 5.75 Å². The van der Waals surface area contributed by atoms with E-state index in [2.05, 4.69) is 36.2 Å². The molecule has 1 saturated heterocycles. The molecule has 5 heteroatoms. The van der Waals surface area contributed by atoms with Gasteiger partial charge in [-0.25, -0.2) is 4.99 Å². The van der Waals surface area contributed by atoms with Gasteiger partial charge in [-0.3, -0.25) is 0 Å². The number of piperazine rings is 1. The number of hydrogen-bond donors (Lipinski definition) is 2. The summed E-state index contributed by atoms with van der Waals surface area (Å²) in [5.41, 5.74) is 2.20. The Hall–Kier alpha value is -1.72. The van der Waals surface area contributed by atoms with Crippen molar-refractivity contribution in [1.29, 1.82) is 0 Å². The number of nitrogens with one attached hydrogen (secondary N) is 1. The molecule has 3 aliphatic rings. The standard InChI is InChI=1S/C19H23N3OS/c1-12-9-15-17(10-13(12)2)24-18-11-14(23)3-4-16(18)21-19(15)22-7-5-20-6-8-22/h3-4,9-13,20,23H,5-8H2,1-2H3. The molecule has 0 bridgehead atoms. The molecular formula is C19H23N3OS. The second kappa shape index (κ2) is 6.30. The van der Waals surface area contributed by atoms with Crippen molar-refractivity contribution in [2.45, 2.75) is 18.7 Å². The van der Waals surface area contributed by atoms with E-state index in [9.17, 15) is 5.11 Å². The maximum absolute atomic E-state index is 9.87. The molecule has 2 heterocycles. The molecule has 1 aliphatic carbocycles. The van der Waals surface area contributed by atoms with Gasteiger partial charge in [0.1, 0.15) is 11.6 Å². The summed E-state index contributed by atoms with van der Waals surface area (Å²) in [5.74, 6) is 2.40. The van der Waals surface area contributed by atoms with E-state index in [1.54, 1.807) is 17.8 Å². The van der Waals surface area contributed by atoms with Crippen molar-refractivity contribution in [3.63, 3.8) is 0 Å². The highest BCUT2D eigenvalue weighted by Gasteiger charge is 2.29. The van der Waals surface area contributed by atoms with Crippen LogP contribution < -0.4 is 5.32 Å². The number of rotatable bonds is 0. The lowest BCUT2D eigenvalue weighted by molar-refractivity contribution is 0.357. The fraction of sp³-hybridized carbons (Fsp3) is 0.421. The zero-order valence-electron chi connectivity index (χ0n) is 14.1. The Labute approximate surface area is 147 Å². The Kier molecular flexibility index (Phi) is 4.14. The highest BCUT2D eigenvalue weighted by molar-refractivity contribution is 8.03. The second-order valence-electron chi connectivity index (χ2n) is 6.76. The van der Waals surface area contributed by atoms with Crippen LogP contribution in [0, 0.1) is 11.8 Å². The molecule has 126 valence electrons. The van der Waals surface area contributed by atoms with E-state index in [0.29, 0.717) is 17.6 Å². The van der Waals surface area contributed by atoms with Gasteiger partial charge in [0.25, 0.3) is 0 Å². The van der Waals surface area contributed by atoms with E-state index >= 15 is 0 Å². The Morgan fingerprint density at radius 1 is 1.17 bits per heavy atom. The maximum Gasteiger partial charge on any atom is 0.137 e. The predicted octanol–water partition coefficient (Wildman–Crippen LogP) is 3.53. The zero-order chi connectivity index (χ0) is 16.7. The molecule has 1 aromatic rings. The molecule has 24 heavy (non-hydrogen) atoms. The van der Waals surface area contributed by atoms with Crippen LogP contribution in [0.4, 0.5) is 5.69 Å². The number of hydrogen-bond acceptors (Lipinski definition) is 5. The van der Waals surface area contributed by atoms with Crippen LogP contribution in [0.1, 0.15) is 13.8 Å². The van der Waals surface area contributed by atoms with Crippen LogP contribution in [0.2, 0.25) is 0 Å². The maximum atomic E-state index is 9.87. The summed E-state index contributed by atoms with van der Waals surface area (Å²) in [4.78, 5) is 9.70. The van der Waals surface area contributed by atoms with Crippen molar-refractivity contribution in [2.24, 2.45) is 16.8 Å². The van der Waals surface area contributed by atoms with Gasteiger partial charge in [0.15, 0.2) is 0 Å². The van der Waals surface area contributed by atoms with Gasteiger partial charge in [0, 0.05) is 41.6 Å².